The first-order valence-electron chi connectivity index (χ1n) is 10.2. The Kier molecular flexibility index (Phi) is 9.34. The Balaban J connectivity index is 0.00000280. The van der Waals surface area contributed by atoms with Crippen LogP contribution in [-0.2, 0) is 4.79 Å². The number of carbonyl (C=O) groups is 1. The maximum atomic E-state index is 11.6. The topological polar surface area (TPSA) is 60.0 Å². The first kappa shape index (κ1) is 22.8. The van der Waals surface area contributed by atoms with Crippen molar-refractivity contribution in [2.24, 2.45) is 16.8 Å². The minimum atomic E-state index is 0. The van der Waals surface area contributed by atoms with Gasteiger partial charge in [-0.3, -0.25) is 9.79 Å². The molecule has 1 aromatic rings. The molecule has 0 saturated carbocycles. The Bertz CT molecular complexity index is 631. The van der Waals surface area contributed by atoms with E-state index in [1.165, 1.54) is 12.1 Å². The van der Waals surface area contributed by atoms with Gasteiger partial charge in [-0.15, -0.1) is 24.0 Å². The lowest BCUT2D eigenvalue weighted by Gasteiger charge is -2.34. The lowest BCUT2D eigenvalue weighted by molar-refractivity contribution is -0.121. The van der Waals surface area contributed by atoms with Crippen molar-refractivity contribution in [3.8, 4) is 0 Å². The van der Waals surface area contributed by atoms with E-state index in [-0.39, 0.29) is 29.9 Å². The van der Waals surface area contributed by atoms with Gasteiger partial charge in [-0.05, 0) is 43.2 Å². The maximum Gasteiger partial charge on any atom is 0.220 e. The number of nitrogens with zero attached hydrogens (tertiary/aromatic N) is 3. The Morgan fingerprint density at radius 1 is 1.11 bits per heavy atom. The van der Waals surface area contributed by atoms with Gasteiger partial charge in [-0.25, -0.2) is 0 Å². The van der Waals surface area contributed by atoms with Gasteiger partial charge in [0, 0.05) is 58.9 Å². The van der Waals surface area contributed by atoms with E-state index in [1.54, 1.807) is 7.05 Å². The van der Waals surface area contributed by atoms with Gasteiger partial charge >= 0.3 is 0 Å². The number of hydrogen-bond acceptors (Lipinski definition) is 3. The molecule has 0 spiro atoms. The number of para-hydroxylation sites is 1. The Hall–Kier alpha value is -1.51. The largest absolute Gasteiger partial charge is 0.371 e. The van der Waals surface area contributed by atoms with Crippen molar-refractivity contribution in [3.63, 3.8) is 0 Å². The molecule has 2 saturated heterocycles. The minimum Gasteiger partial charge on any atom is -0.371 e. The quantitative estimate of drug-likeness (QED) is 0.372. The predicted octanol–water partition coefficient (Wildman–Crippen LogP) is 2.55. The number of amides is 1. The third-order valence-electron chi connectivity index (χ3n) is 5.83. The summed E-state index contributed by atoms with van der Waals surface area (Å²) in [6.45, 7) is 5.14. The van der Waals surface area contributed by atoms with Crippen LogP contribution in [0.25, 0.3) is 0 Å². The lowest BCUT2D eigenvalue weighted by Crippen LogP contribution is -2.47. The highest BCUT2D eigenvalue weighted by Gasteiger charge is 2.25. The highest BCUT2D eigenvalue weighted by atomic mass is 127. The zero-order valence-corrected chi connectivity index (χ0v) is 19.4. The number of halogens is 1. The zero-order chi connectivity index (χ0) is 19.1. The van der Waals surface area contributed by atoms with Crippen LogP contribution in [0.5, 0.6) is 0 Å². The SMILES string of the molecule is CN=C(NCC1CCN(c2ccccc2)C1)N1CCC(CC(=O)NC)CC1.I. The molecule has 2 N–H and O–H groups in total. The first-order chi connectivity index (χ1) is 13.2. The Labute approximate surface area is 186 Å². The number of anilines is 1. The second kappa shape index (κ2) is 11.5. The molecule has 2 aliphatic rings. The maximum absolute atomic E-state index is 11.6. The smallest absolute Gasteiger partial charge is 0.220 e. The number of rotatable bonds is 5. The number of piperidine rings is 1. The first-order valence-corrected chi connectivity index (χ1v) is 10.2. The molecule has 0 radical (unpaired) electrons. The molecule has 3 rings (SSSR count). The molecular weight excluding hydrogens is 465 g/mol. The third kappa shape index (κ3) is 6.25. The summed E-state index contributed by atoms with van der Waals surface area (Å²) in [5, 5.41) is 6.32. The van der Waals surface area contributed by atoms with E-state index in [1.807, 2.05) is 7.05 Å². The van der Waals surface area contributed by atoms with Gasteiger partial charge in [0.1, 0.15) is 0 Å². The third-order valence-corrected chi connectivity index (χ3v) is 5.83. The van der Waals surface area contributed by atoms with Crippen LogP contribution in [0, 0.1) is 11.8 Å². The summed E-state index contributed by atoms with van der Waals surface area (Å²) < 4.78 is 0. The van der Waals surface area contributed by atoms with E-state index in [0.717, 1.165) is 51.5 Å². The highest BCUT2D eigenvalue weighted by Crippen LogP contribution is 2.23. The fourth-order valence-electron chi connectivity index (χ4n) is 4.15. The standard InChI is InChI=1S/C21H33N5O.HI/c1-22-20(27)14-17-8-11-25(12-9-17)21(23-2)24-15-18-10-13-26(16-18)19-6-4-3-5-7-19;/h3-7,17-18H,8-16H2,1-2H3,(H,22,27)(H,23,24);1H. The van der Waals surface area contributed by atoms with Crippen molar-refractivity contribution in [2.75, 3.05) is 51.7 Å². The molecule has 1 unspecified atom stereocenters. The zero-order valence-electron chi connectivity index (χ0n) is 17.1. The summed E-state index contributed by atoms with van der Waals surface area (Å²) >= 11 is 0. The minimum absolute atomic E-state index is 0. The van der Waals surface area contributed by atoms with Crippen molar-refractivity contribution >= 4 is 41.5 Å². The number of hydrogen-bond donors (Lipinski definition) is 2. The second-order valence-corrected chi connectivity index (χ2v) is 7.67. The van der Waals surface area contributed by atoms with E-state index in [4.69, 9.17) is 0 Å². The number of aliphatic imine (C=N–C) groups is 1. The van der Waals surface area contributed by atoms with Gasteiger partial charge in [-0.1, -0.05) is 18.2 Å². The van der Waals surface area contributed by atoms with Crippen LogP contribution in [0.4, 0.5) is 5.69 Å². The van der Waals surface area contributed by atoms with Crippen molar-refractivity contribution in [2.45, 2.75) is 25.7 Å². The molecule has 0 bridgehead atoms. The number of likely N-dealkylation sites (tertiary alicyclic amines) is 1. The summed E-state index contributed by atoms with van der Waals surface area (Å²) in [4.78, 5) is 20.9. The fraction of sp³-hybridized carbons (Fsp3) is 0.619. The lowest BCUT2D eigenvalue weighted by atomic mass is 9.93. The molecular formula is C21H34IN5O. The number of nitrogens with one attached hydrogen (secondary N) is 2. The van der Waals surface area contributed by atoms with E-state index in [9.17, 15) is 4.79 Å². The molecule has 0 aliphatic carbocycles. The number of guanidine groups is 1. The van der Waals surface area contributed by atoms with Crippen LogP contribution in [0.3, 0.4) is 0 Å². The van der Waals surface area contributed by atoms with Gasteiger partial charge in [0.05, 0.1) is 0 Å². The van der Waals surface area contributed by atoms with Crippen molar-refractivity contribution in [1.29, 1.82) is 0 Å². The molecule has 1 aromatic carbocycles. The van der Waals surface area contributed by atoms with E-state index in [0.29, 0.717) is 18.3 Å². The average molecular weight is 499 g/mol. The van der Waals surface area contributed by atoms with Crippen LogP contribution in [0.15, 0.2) is 35.3 Å². The summed E-state index contributed by atoms with van der Waals surface area (Å²) in [5.41, 5.74) is 1.32. The fourth-order valence-corrected chi connectivity index (χ4v) is 4.15. The monoisotopic (exact) mass is 499 g/mol. The van der Waals surface area contributed by atoms with Crippen molar-refractivity contribution in [1.82, 2.24) is 15.5 Å². The van der Waals surface area contributed by atoms with Crippen LogP contribution in [0.1, 0.15) is 25.7 Å². The van der Waals surface area contributed by atoms with Crippen LogP contribution >= 0.6 is 24.0 Å². The molecule has 1 atom stereocenters. The normalized spacial score (nSPS) is 20.6. The molecule has 6 nitrogen and oxygen atoms in total. The molecule has 0 aromatic heterocycles. The van der Waals surface area contributed by atoms with Crippen LogP contribution < -0.4 is 15.5 Å². The molecule has 2 heterocycles. The van der Waals surface area contributed by atoms with Crippen molar-refractivity contribution in [3.05, 3.63) is 30.3 Å². The molecule has 7 heteroatoms. The average Bonchev–Trinajstić information content (AvgIpc) is 3.19. The summed E-state index contributed by atoms with van der Waals surface area (Å²) in [6, 6.07) is 10.7. The van der Waals surface area contributed by atoms with Crippen LogP contribution in [0.2, 0.25) is 0 Å². The van der Waals surface area contributed by atoms with Gasteiger partial charge < -0.3 is 20.4 Å². The predicted molar refractivity (Wildman–Crippen MR) is 127 cm³/mol. The van der Waals surface area contributed by atoms with E-state index in [2.05, 4.69) is 55.8 Å². The molecule has 2 fully saturated rings. The Morgan fingerprint density at radius 2 is 1.79 bits per heavy atom. The van der Waals surface area contributed by atoms with Crippen LogP contribution in [-0.4, -0.2) is 63.6 Å². The van der Waals surface area contributed by atoms with Gasteiger partial charge in [-0.2, -0.15) is 0 Å². The summed E-state index contributed by atoms with van der Waals surface area (Å²) in [5.74, 6) is 2.30. The number of benzene rings is 1. The van der Waals surface area contributed by atoms with Gasteiger partial charge in [0.15, 0.2) is 5.96 Å². The summed E-state index contributed by atoms with van der Waals surface area (Å²) in [6.07, 6.45) is 3.97. The Morgan fingerprint density at radius 3 is 2.43 bits per heavy atom. The number of carbonyl (C=O) groups excluding carboxylic acids is 1. The van der Waals surface area contributed by atoms with Gasteiger partial charge in [0.25, 0.3) is 0 Å². The summed E-state index contributed by atoms with van der Waals surface area (Å²) in [7, 11) is 3.58. The van der Waals surface area contributed by atoms with E-state index < -0.39 is 0 Å². The van der Waals surface area contributed by atoms with E-state index >= 15 is 0 Å². The molecule has 156 valence electrons. The van der Waals surface area contributed by atoms with Gasteiger partial charge in [0.2, 0.25) is 5.91 Å². The molecule has 2 aliphatic heterocycles. The molecule has 1 amide bonds. The highest BCUT2D eigenvalue weighted by molar-refractivity contribution is 14.0. The molecule has 28 heavy (non-hydrogen) atoms. The van der Waals surface area contributed by atoms with Crippen molar-refractivity contribution < 1.29 is 4.79 Å². The second-order valence-electron chi connectivity index (χ2n) is 7.67.